The summed E-state index contributed by atoms with van der Waals surface area (Å²) in [7, 11) is 0. The molecule has 0 radical (unpaired) electrons. The molecule has 35 heavy (non-hydrogen) atoms. The van der Waals surface area contributed by atoms with Crippen molar-refractivity contribution in [2.24, 2.45) is 0 Å². The Morgan fingerprint density at radius 2 is 1.74 bits per heavy atom. The van der Waals surface area contributed by atoms with Crippen molar-refractivity contribution in [3.63, 3.8) is 0 Å². The highest BCUT2D eigenvalue weighted by molar-refractivity contribution is 5.95. The molecular weight excluding hydrogens is 467 g/mol. The molecule has 0 bridgehead atoms. The maximum atomic E-state index is 13.1. The first-order valence-electron chi connectivity index (χ1n) is 10.9. The molecule has 2 heterocycles. The van der Waals surface area contributed by atoms with Gasteiger partial charge in [-0.3, -0.25) is 4.79 Å². The highest BCUT2D eigenvalue weighted by atomic mass is 19.4. The van der Waals surface area contributed by atoms with Crippen molar-refractivity contribution in [2.75, 3.05) is 13.2 Å². The summed E-state index contributed by atoms with van der Waals surface area (Å²) < 4.78 is 37.1. The van der Waals surface area contributed by atoms with Crippen LogP contribution in [0.3, 0.4) is 0 Å². The third kappa shape index (κ3) is 6.89. The van der Waals surface area contributed by atoms with Gasteiger partial charge >= 0.3 is 12.1 Å². The minimum Gasteiger partial charge on any atom is -0.475 e. The van der Waals surface area contributed by atoms with Crippen LogP contribution in [0.25, 0.3) is 22.8 Å². The van der Waals surface area contributed by atoms with E-state index in [1.165, 1.54) is 0 Å². The number of benzene rings is 2. The van der Waals surface area contributed by atoms with E-state index in [1.807, 2.05) is 59.5 Å². The Morgan fingerprint density at radius 3 is 2.40 bits per heavy atom. The highest BCUT2D eigenvalue weighted by Gasteiger charge is 2.38. The van der Waals surface area contributed by atoms with E-state index in [2.05, 4.69) is 10.1 Å². The number of aromatic nitrogens is 2. The van der Waals surface area contributed by atoms with Crippen LogP contribution in [0.2, 0.25) is 0 Å². The van der Waals surface area contributed by atoms with Gasteiger partial charge in [0.05, 0.1) is 0 Å². The molecule has 1 fully saturated rings. The third-order valence-corrected chi connectivity index (χ3v) is 5.41. The summed E-state index contributed by atoms with van der Waals surface area (Å²) >= 11 is 0. The van der Waals surface area contributed by atoms with E-state index in [-0.39, 0.29) is 18.6 Å². The van der Waals surface area contributed by atoms with E-state index < -0.39 is 12.1 Å². The summed E-state index contributed by atoms with van der Waals surface area (Å²) in [5.74, 6) is -1.86. The number of piperidine rings is 1. The molecule has 0 saturated carbocycles. The number of carbonyl (C=O) groups is 2. The summed E-state index contributed by atoms with van der Waals surface area (Å²) in [5, 5.41) is 20.5. The minimum atomic E-state index is -5.08. The van der Waals surface area contributed by atoms with E-state index in [1.54, 1.807) is 0 Å². The molecule has 1 unspecified atom stereocenters. The summed E-state index contributed by atoms with van der Waals surface area (Å²) in [4.78, 5) is 28.3. The number of carbonyl (C=O) groups excluding carboxylic acids is 1. The van der Waals surface area contributed by atoms with Crippen LogP contribution in [0.4, 0.5) is 13.2 Å². The molecule has 3 aromatic rings. The fraction of sp³-hybridized carbons (Fsp3) is 0.333. The lowest BCUT2D eigenvalue weighted by Gasteiger charge is -2.35. The van der Waals surface area contributed by atoms with Crippen molar-refractivity contribution in [1.82, 2.24) is 15.0 Å². The summed E-state index contributed by atoms with van der Waals surface area (Å²) in [6, 6.07) is 17.0. The first-order valence-corrected chi connectivity index (χ1v) is 10.9. The van der Waals surface area contributed by atoms with Crippen molar-refractivity contribution in [3.05, 3.63) is 60.2 Å². The predicted molar refractivity (Wildman–Crippen MR) is 119 cm³/mol. The molecule has 8 nitrogen and oxygen atoms in total. The molecule has 1 atom stereocenters. The lowest BCUT2D eigenvalue weighted by molar-refractivity contribution is -0.192. The van der Waals surface area contributed by atoms with Crippen LogP contribution in [0, 0.1) is 0 Å². The number of alkyl halides is 3. The van der Waals surface area contributed by atoms with Crippen molar-refractivity contribution in [1.29, 1.82) is 0 Å². The molecular formula is C24H24F3N3O5. The Labute approximate surface area is 199 Å². The van der Waals surface area contributed by atoms with E-state index in [9.17, 15) is 23.1 Å². The number of amides is 1. The van der Waals surface area contributed by atoms with Gasteiger partial charge in [-0.05, 0) is 49.9 Å². The van der Waals surface area contributed by atoms with E-state index in [0.717, 1.165) is 36.9 Å². The zero-order chi connectivity index (χ0) is 25.4. The maximum absolute atomic E-state index is 13.1. The number of carboxylic acids is 1. The van der Waals surface area contributed by atoms with Gasteiger partial charge in [0.25, 0.3) is 11.8 Å². The number of rotatable bonds is 5. The Kier molecular flexibility index (Phi) is 8.58. The topological polar surface area (TPSA) is 117 Å². The minimum absolute atomic E-state index is 0.00761. The smallest absolute Gasteiger partial charge is 0.475 e. The Balaban J connectivity index is 0.000000429. The normalized spacial score (nSPS) is 15.8. The van der Waals surface area contributed by atoms with Gasteiger partial charge in [-0.2, -0.15) is 18.2 Å². The van der Waals surface area contributed by atoms with Crippen molar-refractivity contribution >= 4 is 11.9 Å². The van der Waals surface area contributed by atoms with Gasteiger partial charge in [0.1, 0.15) is 0 Å². The summed E-state index contributed by atoms with van der Waals surface area (Å²) in [6.07, 6.45) is -1.42. The number of aliphatic hydroxyl groups excluding tert-OH is 1. The molecule has 0 spiro atoms. The van der Waals surface area contributed by atoms with Crippen molar-refractivity contribution in [3.8, 4) is 22.8 Å². The molecule has 1 aliphatic heterocycles. The highest BCUT2D eigenvalue weighted by Crippen LogP contribution is 2.25. The third-order valence-electron chi connectivity index (χ3n) is 5.41. The molecule has 2 aromatic carbocycles. The average molecular weight is 491 g/mol. The zero-order valence-corrected chi connectivity index (χ0v) is 18.6. The monoisotopic (exact) mass is 491 g/mol. The van der Waals surface area contributed by atoms with Crippen LogP contribution in [-0.4, -0.2) is 62.5 Å². The van der Waals surface area contributed by atoms with Crippen LogP contribution in [0.15, 0.2) is 59.1 Å². The number of hydrogen-bond acceptors (Lipinski definition) is 6. The SMILES string of the molecule is O=C(O)C(F)(F)F.O=C(c1cccc(-c2noc(-c3ccccc3)n2)c1)N1CCCCC1CCO. The number of halogens is 3. The second-order valence-electron chi connectivity index (χ2n) is 7.83. The van der Waals surface area contributed by atoms with E-state index in [0.29, 0.717) is 23.7 Å². The van der Waals surface area contributed by atoms with Crippen LogP contribution >= 0.6 is 0 Å². The molecule has 1 aliphatic rings. The number of carboxylic acid groups (broad SMARTS) is 1. The quantitative estimate of drug-likeness (QED) is 0.543. The summed E-state index contributed by atoms with van der Waals surface area (Å²) in [5.41, 5.74) is 2.20. The second kappa shape index (κ2) is 11.6. The Hall–Kier alpha value is -3.73. The van der Waals surface area contributed by atoms with Gasteiger partial charge in [0.2, 0.25) is 5.82 Å². The number of aliphatic carboxylic acids is 1. The van der Waals surface area contributed by atoms with Crippen LogP contribution in [0.5, 0.6) is 0 Å². The van der Waals surface area contributed by atoms with Crippen molar-refractivity contribution in [2.45, 2.75) is 37.9 Å². The van der Waals surface area contributed by atoms with Gasteiger partial charge < -0.3 is 19.6 Å². The lowest BCUT2D eigenvalue weighted by Crippen LogP contribution is -2.44. The van der Waals surface area contributed by atoms with Crippen molar-refractivity contribution < 1.29 is 37.5 Å². The van der Waals surface area contributed by atoms with Gasteiger partial charge in [-0.25, -0.2) is 4.79 Å². The Bertz CT molecular complexity index is 1130. The summed E-state index contributed by atoms with van der Waals surface area (Å²) in [6.45, 7) is 0.827. The molecule has 11 heteroatoms. The molecule has 1 amide bonds. The Morgan fingerprint density at radius 1 is 1.06 bits per heavy atom. The molecule has 186 valence electrons. The van der Waals surface area contributed by atoms with Crippen LogP contribution < -0.4 is 0 Å². The second-order valence-corrected chi connectivity index (χ2v) is 7.83. The standard InChI is InChI=1S/C22H23N3O3.C2HF3O2/c26-14-12-19-11-4-5-13-25(19)22(27)18-10-6-9-17(15-18)20-23-21(28-24-20)16-7-2-1-3-8-16;3-2(4,5)1(6)7/h1-3,6-10,15,19,26H,4-5,11-14H2;(H,6,7). The maximum Gasteiger partial charge on any atom is 0.490 e. The van der Waals surface area contributed by atoms with Gasteiger partial charge in [-0.1, -0.05) is 35.5 Å². The van der Waals surface area contributed by atoms with Crippen LogP contribution in [0.1, 0.15) is 36.0 Å². The fourth-order valence-electron chi connectivity index (χ4n) is 3.71. The average Bonchev–Trinajstić information content (AvgIpc) is 3.35. The molecule has 1 saturated heterocycles. The first kappa shape index (κ1) is 25.9. The number of hydrogen-bond donors (Lipinski definition) is 2. The largest absolute Gasteiger partial charge is 0.490 e. The molecule has 2 N–H and O–H groups in total. The number of nitrogens with zero attached hydrogens (tertiary/aromatic N) is 3. The van der Waals surface area contributed by atoms with Gasteiger partial charge in [0.15, 0.2) is 0 Å². The molecule has 1 aromatic heterocycles. The van der Waals surface area contributed by atoms with E-state index in [4.69, 9.17) is 14.4 Å². The van der Waals surface area contributed by atoms with Crippen LogP contribution in [-0.2, 0) is 4.79 Å². The van der Waals surface area contributed by atoms with Gasteiger partial charge in [0, 0.05) is 35.9 Å². The zero-order valence-electron chi connectivity index (χ0n) is 18.6. The first-order chi connectivity index (χ1) is 16.7. The lowest BCUT2D eigenvalue weighted by atomic mass is 9.98. The number of likely N-dealkylation sites (tertiary alicyclic amines) is 1. The number of aliphatic hydroxyl groups is 1. The van der Waals surface area contributed by atoms with E-state index >= 15 is 0 Å². The van der Waals surface area contributed by atoms with Gasteiger partial charge in [-0.15, -0.1) is 0 Å². The molecule has 4 rings (SSSR count). The fourth-order valence-corrected chi connectivity index (χ4v) is 3.71. The predicted octanol–water partition coefficient (Wildman–Crippen LogP) is 4.41. The molecule has 0 aliphatic carbocycles.